The third-order valence-electron chi connectivity index (χ3n) is 3.39. The van der Waals surface area contributed by atoms with Crippen LogP contribution in [0.2, 0.25) is 5.02 Å². The van der Waals surface area contributed by atoms with Crippen molar-refractivity contribution in [3.63, 3.8) is 0 Å². The third-order valence-corrected chi connectivity index (χ3v) is 3.73. The Labute approximate surface area is 120 Å². The molecule has 0 saturated carbocycles. The van der Waals surface area contributed by atoms with Gasteiger partial charge in [0, 0.05) is 19.3 Å². The van der Waals surface area contributed by atoms with E-state index in [1.54, 1.807) is 6.20 Å². The van der Waals surface area contributed by atoms with Gasteiger partial charge < -0.3 is 15.0 Å². The Morgan fingerprint density at radius 2 is 2.32 bits per heavy atom. The van der Waals surface area contributed by atoms with Gasteiger partial charge in [-0.3, -0.25) is 0 Å². The Morgan fingerprint density at radius 1 is 1.53 bits per heavy atom. The molecule has 1 fully saturated rings. The number of ether oxygens (including phenoxy) is 1. The molecule has 0 spiro atoms. The molecule has 2 rings (SSSR count). The maximum Gasteiger partial charge on any atom is 0.129 e. The van der Waals surface area contributed by atoms with Crippen molar-refractivity contribution in [3.8, 4) is 0 Å². The van der Waals surface area contributed by atoms with E-state index >= 15 is 0 Å². The van der Waals surface area contributed by atoms with E-state index in [1.807, 2.05) is 0 Å². The van der Waals surface area contributed by atoms with Gasteiger partial charge in [-0.1, -0.05) is 18.5 Å². The van der Waals surface area contributed by atoms with Gasteiger partial charge in [-0.25, -0.2) is 4.98 Å². The number of aromatic nitrogens is 1. The van der Waals surface area contributed by atoms with Crippen molar-refractivity contribution in [2.45, 2.75) is 39.5 Å². The van der Waals surface area contributed by atoms with E-state index in [1.165, 1.54) is 0 Å². The molecule has 1 aliphatic heterocycles. The van der Waals surface area contributed by atoms with Gasteiger partial charge in [0.15, 0.2) is 0 Å². The van der Waals surface area contributed by atoms with Gasteiger partial charge >= 0.3 is 0 Å². The zero-order valence-electron chi connectivity index (χ0n) is 11.8. The smallest absolute Gasteiger partial charge is 0.129 e. The first-order chi connectivity index (χ1) is 9.11. The number of rotatable bonds is 4. The third kappa shape index (κ3) is 3.59. The molecule has 5 heteroatoms. The summed E-state index contributed by atoms with van der Waals surface area (Å²) in [6, 6.07) is 2.43. The first-order valence-electron chi connectivity index (χ1n) is 6.85. The lowest BCUT2D eigenvalue weighted by molar-refractivity contribution is 0.0340. The van der Waals surface area contributed by atoms with Crippen LogP contribution in [0.4, 0.5) is 5.82 Å². The predicted octanol–water partition coefficient (Wildman–Crippen LogP) is 2.46. The van der Waals surface area contributed by atoms with Crippen LogP contribution in [0.25, 0.3) is 0 Å². The Balaban J connectivity index is 2.19. The average Bonchev–Trinajstić information content (AvgIpc) is 2.41. The summed E-state index contributed by atoms with van der Waals surface area (Å²) in [5.74, 6) is 0.986. The van der Waals surface area contributed by atoms with Crippen LogP contribution in [-0.4, -0.2) is 36.8 Å². The lowest BCUT2D eigenvalue weighted by Crippen LogP contribution is -2.47. The quantitative estimate of drug-likeness (QED) is 0.921. The molecule has 2 unspecified atom stereocenters. The Kier molecular flexibility index (Phi) is 5.02. The molecule has 1 N–H and O–H groups in total. The summed E-state index contributed by atoms with van der Waals surface area (Å²) in [6.45, 7) is 9.66. The number of halogens is 1. The van der Waals surface area contributed by atoms with Crippen LogP contribution in [0, 0.1) is 0 Å². The maximum absolute atomic E-state index is 6.19. The molecule has 1 aromatic heterocycles. The summed E-state index contributed by atoms with van der Waals surface area (Å²) < 4.78 is 5.65. The Morgan fingerprint density at radius 3 is 3.05 bits per heavy atom. The molecule has 0 aromatic carbocycles. The zero-order valence-corrected chi connectivity index (χ0v) is 12.6. The predicted molar refractivity (Wildman–Crippen MR) is 78.8 cm³/mol. The first-order valence-corrected chi connectivity index (χ1v) is 7.23. The number of anilines is 1. The van der Waals surface area contributed by atoms with Crippen molar-refractivity contribution in [2.75, 3.05) is 24.6 Å². The minimum atomic E-state index is 0.242. The highest BCUT2D eigenvalue weighted by atomic mass is 35.5. The number of hydrogen-bond donors (Lipinski definition) is 1. The number of nitrogens with one attached hydrogen (secondary N) is 1. The molecular formula is C14H22ClN3O. The SMILES string of the molecule is CCNCc1cc(N2CC(C)OCC2C)ncc1Cl. The van der Waals surface area contributed by atoms with Crippen molar-refractivity contribution in [3.05, 3.63) is 22.8 Å². The van der Waals surface area contributed by atoms with Crippen LogP contribution in [0.1, 0.15) is 26.3 Å². The van der Waals surface area contributed by atoms with Gasteiger partial charge in [-0.15, -0.1) is 0 Å². The summed E-state index contributed by atoms with van der Waals surface area (Å²) in [5, 5.41) is 4.02. The zero-order chi connectivity index (χ0) is 13.8. The number of hydrogen-bond acceptors (Lipinski definition) is 4. The van der Waals surface area contributed by atoms with Gasteiger partial charge in [0.2, 0.25) is 0 Å². The monoisotopic (exact) mass is 283 g/mol. The van der Waals surface area contributed by atoms with Crippen molar-refractivity contribution in [1.29, 1.82) is 0 Å². The molecule has 2 atom stereocenters. The maximum atomic E-state index is 6.19. The molecule has 106 valence electrons. The first kappa shape index (κ1) is 14.6. The Hall–Kier alpha value is -0.840. The second kappa shape index (κ2) is 6.55. The minimum absolute atomic E-state index is 0.242. The van der Waals surface area contributed by atoms with Crippen LogP contribution in [0.3, 0.4) is 0 Å². The number of nitrogens with zero attached hydrogens (tertiary/aromatic N) is 2. The van der Waals surface area contributed by atoms with E-state index in [0.29, 0.717) is 6.04 Å². The molecule has 1 aromatic rings. The molecule has 0 bridgehead atoms. The van der Waals surface area contributed by atoms with Crippen LogP contribution < -0.4 is 10.2 Å². The fourth-order valence-electron chi connectivity index (χ4n) is 2.24. The van der Waals surface area contributed by atoms with E-state index in [-0.39, 0.29) is 6.10 Å². The van der Waals surface area contributed by atoms with Crippen LogP contribution in [0.15, 0.2) is 12.3 Å². The highest BCUT2D eigenvalue weighted by Crippen LogP contribution is 2.24. The number of morpholine rings is 1. The Bertz CT molecular complexity index is 427. The van der Waals surface area contributed by atoms with E-state index in [2.05, 4.69) is 42.0 Å². The molecule has 0 amide bonds. The standard InChI is InChI=1S/C14H22ClN3O/c1-4-16-6-12-5-14(17-7-13(12)15)18-8-11(3)19-9-10(18)2/h5,7,10-11,16H,4,6,8-9H2,1-3H3. The normalized spacial score (nSPS) is 23.7. The molecule has 4 nitrogen and oxygen atoms in total. The van der Waals surface area contributed by atoms with Crippen molar-refractivity contribution >= 4 is 17.4 Å². The molecular weight excluding hydrogens is 262 g/mol. The number of pyridine rings is 1. The van der Waals surface area contributed by atoms with E-state index in [9.17, 15) is 0 Å². The fourth-order valence-corrected chi connectivity index (χ4v) is 2.41. The highest BCUT2D eigenvalue weighted by Gasteiger charge is 2.24. The largest absolute Gasteiger partial charge is 0.375 e. The van der Waals surface area contributed by atoms with E-state index in [0.717, 1.165) is 42.6 Å². The molecule has 19 heavy (non-hydrogen) atoms. The second-order valence-corrected chi connectivity index (χ2v) is 5.47. The average molecular weight is 284 g/mol. The van der Waals surface area contributed by atoms with Gasteiger partial charge in [0.05, 0.1) is 23.8 Å². The van der Waals surface area contributed by atoms with Crippen molar-refractivity contribution in [2.24, 2.45) is 0 Å². The summed E-state index contributed by atoms with van der Waals surface area (Å²) in [6.07, 6.45) is 1.99. The van der Waals surface area contributed by atoms with E-state index < -0.39 is 0 Å². The van der Waals surface area contributed by atoms with Gasteiger partial charge in [-0.2, -0.15) is 0 Å². The van der Waals surface area contributed by atoms with Gasteiger partial charge in [-0.05, 0) is 32.0 Å². The van der Waals surface area contributed by atoms with Crippen molar-refractivity contribution in [1.82, 2.24) is 10.3 Å². The van der Waals surface area contributed by atoms with Gasteiger partial charge in [0.1, 0.15) is 5.82 Å². The molecule has 0 radical (unpaired) electrons. The lowest BCUT2D eigenvalue weighted by Gasteiger charge is -2.37. The summed E-state index contributed by atoms with van der Waals surface area (Å²) in [5.41, 5.74) is 1.10. The molecule has 0 aliphatic carbocycles. The topological polar surface area (TPSA) is 37.4 Å². The van der Waals surface area contributed by atoms with Crippen LogP contribution in [-0.2, 0) is 11.3 Å². The van der Waals surface area contributed by atoms with Crippen LogP contribution in [0.5, 0.6) is 0 Å². The molecule has 1 aliphatic rings. The molecule has 1 saturated heterocycles. The summed E-state index contributed by atoms with van der Waals surface area (Å²) in [7, 11) is 0. The molecule has 2 heterocycles. The summed E-state index contributed by atoms with van der Waals surface area (Å²) >= 11 is 6.19. The van der Waals surface area contributed by atoms with Crippen molar-refractivity contribution < 1.29 is 4.74 Å². The highest BCUT2D eigenvalue weighted by molar-refractivity contribution is 6.31. The van der Waals surface area contributed by atoms with E-state index in [4.69, 9.17) is 16.3 Å². The minimum Gasteiger partial charge on any atom is -0.375 e. The fraction of sp³-hybridized carbons (Fsp3) is 0.643. The van der Waals surface area contributed by atoms with Gasteiger partial charge in [0.25, 0.3) is 0 Å². The van der Waals surface area contributed by atoms with Crippen LogP contribution >= 0.6 is 11.6 Å². The lowest BCUT2D eigenvalue weighted by atomic mass is 10.2. The second-order valence-electron chi connectivity index (χ2n) is 5.06. The summed E-state index contributed by atoms with van der Waals surface area (Å²) in [4.78, 5) is 6.76.